The van der Waals surface area contributed by atoms with Crippen molar-refractivity contribution in [1.29, 1.82) is 0 Å². The van der Waals surface area contributed by atoms with Crippen LogP contribution in [0.1, 0.15) is 11.1 Å². The van der Waals surface area contributed by atoms with E-state index in [-0.39, 0.29) is 19.8 Å². The van der Waals surface area contributed by atoms with E-state index in [4.69, 9.17) is 4.74 Å². The Balaban J connectivity index is 2.42. The Hall–Kier alpha value is -1.12. The third-order valence-corrected chi connectivity index (χ3v) is 2.64. The average molecular weight is 298 g/mol. The second-order valence-corrected chi connectivity index (χ2v) is 5.42. The third kappa shape index (κ3) is 6.55. The average Bonchev–Trinajstić information content (AvgIpc) is 2.26. The van der Waals surface area contributed by atoms with Crippen LogP contribution in [-0.2, 0) is 31.8 Å². The number of hydrogen-bond donors (Lipinski definition) is 0. The molecule has 1 aromatic carbocycles. The molecule has 1 aromatic rings. The molecule has 19 heavy (non-hydrogen) atoms. The number of halogens is 3. The first-order valence-corrected chi connectivity index (χ1v) is 7.08. The van der Waals surface area contributed by atoms with Crippen molar-refractivity contribution in [3.05, 3.63) is 35.4 Å². The van der Waals surface area contributed by atoms with Gasteiger partial charge in [0.25, 0.3) is 10.1 Å². The van der Waals surface area contributed by atoms with E-state index < -0.39 is 21.9 Å². The molecule has 0 saturated carbocycles. The van der Waals surface area contributed by atoms with E-state index in [1.165, 1.54) is 12.1 Å². The predicted molar refractivity (Wildman–Crippen MR) is 61.9 cm³/mol. The van der Waals surface area contributed by atoms with E-state index in [0.717, 1.165) is 18.4 Å². The minimum atomic E-state index is -4.39. The van der Waals surface area contributed by atoms with Crippen molar-refractivity contribution in [2.24, 2.45) is 0 Å². The van der Waals surface area contributed by atoms with Gasteiger partial charge in [-0.25, -0.2) is 0 Å². The van der Waals surface area contributed by atoms with Gasteiger partial charge in [0.05, 0.1) is 31.6 Å². The Bertz CT molecular complexity index is 511. The molecule has 0 N–H and O–H groups in total. The van der Waals surface area contributed by atoms with Crippen LogP contribution in [0.15, 0.2) is 24.3 Å². The molecule has 0 aromatic heterocycles. The lowest BCUT2D eigenvalue weighted by atomic mass is 10.1. The fraction of sp³-hybridized carbons (Fsp3) is 0.455. The van der Waals surface area contributed by atoms with Crippen LogP contribution in [0.4, 0.5) is 13.2 Å². The summed E-state index contributed by atoms with van der Waals surface area (Å²) in [5.74, 6) is 0. The number of alkyl halides is 3. The first kappa shape index (κ1) is 15.9. The Morgan fingerprint density at radius 2 is 1.89 bits per heavy atom. The molecule has 0 aliphatic rings. The largest absolute Gasteiger partial charge is 0.416 e. The summed E-state index contributed by atoms with van der Waals surface area (Å²) in [7, 11) is -3.52. The summed E-state index contributed by atoms with van der Waals surface area (Å²) in [6.45, 7) is -0.238. The quantitative estimate of drug-likeness (QED) is 0.597. The monoisotopic (exact) mass is 298 g/mol. The van der Waals surface area contributed by atoms with Crippen LogP contribution in [0.3, 0.4) is 0 Å². The number of ether oxygens (including phenoxy) is 1. The summed E-state index contributed by atoms with van der Waals surface area (Å²) in [5.41, 5.74) is -0.393. The minimum absolute atomic E-state index is 0.0245. The summed E-state index contributed by atoms with van der Waals surface area (Å²) in [6.07, 6.45) is -3.49. The fourth-order valence-corrected chi connectivity index (χ4v) is 1.64. The molecule has 4 nitrogen and oxygen atoms in total. The van der Waals surface area contributed by atoms with Crippen molar-refractivity contribution in [2.45, 2.75) is 12.8 Å². The molecule has 0 atom stereocenters. The van der Waals surface area contributed by atoms with Gasteiger partial charge in [0.2, 0.25) is 0 Å². The summed E-state index contributed by atoms with van der Waals surface area (Å²) in [5, 5.41) is 0. The lowest BCUT2D eigenvalue weighted by Crippen LogP contribution is -2.10. The molecule has 0 aliphatic heterocycles. The lowest BCUT2D eigenvalue weighted by molar-refractivity contribution is -0.137. The molecule has 0 aliphatic carbocycles. The molecule has 0 heterocycles. The van der Waals surface area contributed by atoms with Gasteiger partial charge in [-0.15, -0.1) is 0 Å². The van der Waals surface area contributed by atoms with Crippen molar-refractivity contribution in [3.8, 4) is 0 Å². The second-order valence-electron chi connectivity index (χ2n) is 3.78. The first-order valence-electron chi connectivity index (χ1n) is 5.27. The molecular formula is C11H13F3O4S. The number of rotatable bonds is 6. The van der Waals surface area contributed by atoms with Gasteiger partial charge in [-0.3, -0.25) is 4.18 Å². The van der Waals surface area contributed by atoms with Crippen LogP contribution >= 0.6 is 0 Å². The zero-order valence-corrected chi connectivity index (χ0v) is 10.9. The minimum Gasteiger partial charge on any atom is -0.374 e. The highest BCUT2D eigenvalue weighted by Crippen LogP contribution is 2.29. The van der Waals surface area contributed by atoms with Crippen LogP contribution in [-0.4, -0.2) is 27.9 Å². The van der Waals surface area contributed by atoms with E-state index in [2.05, 4.69) is 4.18 Å². The Labute approximate surface area is 109 Å². The zero-order valence-electron chi connectivity index (χ0n) is 10.1. The van der Waals surface area contributed by atoms with E-state index in [1.807, 2.05) is 0 Å². The molecule has 0 amide bonds. The smallest absolute Gasteiger partial charge is 0.374 e. The number of benzene rings is 1. The van der Waals surface area contributed by atoms with Crippen LogP contribution < -0.4 is 0 Å². The van der Waals surface area contributed by atoms with Crippen LogP contribution in [0.5, 0.6) is 0 Å². The maximum Gasteiger partial charge on any atom is 0.416 e. The van der Waals surface area contributed by atoms with Gasteiger partial charge < -0.3 is 4.74 Å². The third-order valence-electron chi connectivity index (χ3n) is 2.05. The summed E-state index contributed by atoms with van der Waals surface area (Å²) < 4.78 is 67.9. The highest BCUT2D eigenvalue weighted by Gasteiger charge is 2.30. The molecule has 0 unspecified atom stereocenters. The maximum absolute atomic E-state index is 12.4. The summed E-state index contributed by atoms with van der Waals surface area (Å²) in [6, 6.07) is 4.73. The van der Waals surface area contributed by atoms with Crippen LogP contribution in [0.25, 0.3) is 0 Å². The van der Waals surface area contributed by atoms with Gasteiger partial charge >= 0.3 is 6.18 Å². The Morgan fingerprint density at radius 1 is 1.21 bits per heavy atom. The molecule has 0 spiro atoms. The van der Waals surface area contributed by atoms with Crippen LogP contribution in [0.2, 0.25) is 0 Å². The fourth-order valence-electron chi connectivity index (χ4n) is 1.27. The lowest BCUT2D eigenvalue weighted by Gasteiger charge is -2.09. The SMILES string of the molecule is CS(=O)(=O)OCCOCc1cccc(C(F)(F)F)c1. The number of hydrogen-bond acceptors (Lipinski definition) is 4. The molecule has 0 saturated heterocycles. The highest BCUT2D eigenvalue weighted by molar-refractivity contribution is 7.85. The van der Waals surface area contributed by atoms with Crippen molar-refractivity contribution in [3.63, 3.8) is 0 Å². The van der Waals surface area contributed by atoms with Gasteiger partial charge in [0, 0.05) is 0 Å². The maximum atomic E-state index is 12.4. The topological polar surface area (TPSA) is 52.6 Å². The van der Waals surface area contributed by atoms with Crippen molar-refractivity contribution in [1.82, 2.24) is 0 Å². The highest BCUT2D eigenvalue weighted by atomic mass is 32.2. The molecule has 0 radical (unpaired) electrons. The zero-order chi connectivity index (χ0) is 14.5. The Kier molecular flexibility index (Phi) is 5.33. The summed E-state index contributed by atoms with van der Waals surface area (Å²) >= 11 is 0. The van der Waals surface area contributed by atoms with E-state index >= 15 is 0 Å². The van der Waals surface area contributed by atoms with Gasteiger partial charge in [-0.1, -0.05) is 12.1 Å². The van der Waals surface area contributed by atoms with Crippen LogP contribution in [0, 0.1) is 0 Å². The van der Waals surface area contributed by atoms with E-state index in [0.29, 0.717) is 5.56 Å². The molecule has 1 rings (SSSR count). The normalized spacial score (nSPS) is 12.6. The van der Waals surface area contributed by atoms with E-state index in [1.54, 1.807) is 0 Å². The van der Waals surface area contributed by atoms with Crippen molar-refractivity contribution >= 4 is 10.1 Å². The molecule has 108 valence electrons. The van der Waals surface area contributed by atoms with Gasteiger partial charge in [0.15, 0.2) is 0 Å². The van der Waals surface area contributed by atoms with E-state index in [9.17, 15) is 21.6 Å². The molecule has 0 fully saturated rings. The van der Waals surface area contributed by atoms with Gasteiger partial charge in [-0.05, 0) is 17.7 Å². The van der Waals surface area contributed by atoms with Gasteiger partial charge in [0.1, 0.15) is 0 Å². The molecular weight excluding hydrogens is 285 g/mol. The van der Waals surface area contributed by atoms with Gasteiger partial charge in [-0.2, -0.15) is 21.6 Å². The molecule has 0 bridgehead atoms. The standard InChI is InChI=1S/C11H13F3O4S/c1-19(15,16)18-6-5-17-8-9-3-2-4-10(7-9)11(12,13)14/h2-4,7H,5-6,8H2,1H3. The predicted octanol–water partition coefficient (Wildman–Crippen LogP) is 2.20. The second kappa shape index (κ2) is 6.36. The molecule has 8 heteroatoms. The summed E-state index contributed by atoms with van der Waals surface area (Å²) in [4.78, 5) is 0. The Morgan fingerprint density at radius 3 is 2.47 bits per heavy atom. The van der Waals surface area contributed by atoms with Crippen molar-refractivity contribution < 1.29 is 30.5 Å². The van der Waals surface area contributed by atoms with Crippen molar-refractivity contribution in [2.75, 3.05) is 19.5 Å². The first-order chi connectivity index (χ1) is 8.68.